The van der Waals surface area contributed by atoms with Crippen LogP contribution in [0.25, 0.3) is 0 Å². The molecule has 2 rings (SSSR count). The Morgan fingerprint density at radius 3 is 2.74 bits per heavy atom. The van der Waals surface area contributed by atoms with E-state index in [2.05, 4.69) is 35.5 Å². The number of rotatable bonds is 5. The molecular formula is C15H19ClN2S. The van der Waals surface area contributed by atoms with E-state index in [1.807, 2.05) is 19.1 Å². The second-order valence-electron chi connectivity index (χ2n) is 4.75. The van der Waals surface area contributed by atoms with Crippen molar-refractivity contribution >= 4 is 28.6 Å². The van der Waals surface area contributed by atoms with Crippen molar-refractivity contribution in [3.05, 3.63) is 51.2 Å². The van der Waals surface area contributed by atoms with Crippen LogP contribution in [0.5, 0.6) is 0 Å². The maximum absolute atomic E-state index is 6.26. The smallest absolute Gasteiger partial charge is 0.0474 e. The summed E-state index contributed by atoms with van der Waals surface area (Å²) in [6.45, 7) is 2.93. The van der Waals surface area contributed by atoms with Crippen LogP contribution in [0.2, 0.25) is 5.02 Å². The Balaban J connectivity index is 2.03. The van der Waals surface area contributed by atoms with Crippen molar-refractivity contribution in [2.24, 2.45) is 5.73 Å². The second-order valence-corrected chi connectivity index (χ2v) is 6.18. The Labute approximate surface area is 123 Å². The predicted molar refractivity (Wildman–Crippen MR) is 85.3 cm³/mol. The molecule has 102 valence electrons. The molecule has 0 fully saturated rings. The molecule has 0 spiro atoms. The molecule has 1 unspecified atom stereocenters. The summed E-state index contributed by atoms with van der Waals surface area (Å²) in [6, 6.07) is 10.3. The number of likely N-dealkylation sites (N-methyl/N-ethyl adjacent to an activating group) is 1. The first-order chi connectivity index (χ1) is 9.08. The summed E-state index contributed by atoms with van der Waals surface area (Å²) in [4.78, 5) is 3.63. The van der Waals surface area contributed by atoms with Crippen molar-refractivity contribution in [3.63, 3.8) is 0 Å². The number of nitrogens with two attached hydrogens (primary N) is 1. The molecule has 19 heavy (non-hydrogen) atoms. The van der Waals surface area contributed by atoms with E-state index in [0.29, 0.717) is 0 Å². The summed E-state index contributed by atoms with van der Waals surface area (Å²) in [5.74, 6) is 0. The van der Waals surface area contributed by atoms with Crippen molar-refractivity contribution in [1.29, 1.82) is 0 Å². The highest BCUT2D eigenvalue weighted by Gasteiger charge is 2.08. The summed E-state index contributed by atoms with van der Waals surface area (Å²) in [5.41, 5.74) is 7.99. The van der Waals surface area contributed by atoms with Crippen LogP contribution < -0.4 is 10.6 Å². The minimum atomic E-state index is -0.0297. The maximum atomic E-state index is 6.26. The fourth-order valence-corrected chi connectivity index (χ4v) is 3.03. The lowest BCUT2D eigenvalue weighted by atomic mass is 10.1. The number of halogens is 1. The average Bonchev–Trinajstić information content (AvgIpc) is 2.88. The van der Waals surface area contributed by atoms with Gasteiger partial charge in [0.15, 0.2) is 0 Å². The van der Waals surface area contributed by atoms with Gasteiger partial charge in [-0.2, -0.15) is 0 Å². The third-order valence-electron chi connectivity index (χ3n) is 3.19. The number of benzene rings is 1. The maximum Gasteiger partial charge on any atom is 0.0474 e. The Morgan fingerprint density at radius 2 is 2.16 bits per heavy atom. The van der Waals surface area contributed by atoms with Crippen LogP contribution in [0, 0.1) is 0 Å². The van der Waals surface area contributed by atoms with Gasteiger partial charge < -0.3 is 10.6 Å². The van der Waals surface area contributed by atoms with Gasteiger partial charge >= 0.3 is 0 Å². The number of anilines is 1. The zero-order valence-corrected chi connectivity index (χ0v) is 12.8. The van der Waals surface area contributed by atoms with Crippen molar-refractivity contribution in [1.82, 2.24) is 0 Å². The molecule has 1 aromatic heterocycles. The molecule has 2 aromatic rings. The lowest BCUT2D eigenvalue weighted by molar-refractivity contribution is 0.817. The molecule has 1 aromatic carbocycles. The third kappa shape index (κ3) is 3.72. The van der Waals surface area contributed by atoms with Gasteiger partial charge in [-0.1, -0.05) is 23.7 Å². The normalized spacial score (nSPS) is 12.4. The molecule has 0 bridgehead atoms. The van der Waals surface area contributed by atoms with Crippen molar-refractivity contribution in [3.8, 4) is 0 Å². The van der Waals surface area contributed by atoms with Gasteiger partial charge in [-0.3, -0.25) is 0 Å². The van der Waals surface area contributed by atoms with Gasteiger partial charge in [-0.05, 0) is 42.5 Å². The minimum absolute atomic E-state index is 0.0297. The largest absolute Gasteiger partial charge is 0.374 e. The summed E-state index contributed by atoms with van der Waals surface area (Å²) in [7, 11) is 2.09. The summed E-state index contributed by atoms with van der Waals surface area (Å²) in [5, 5.41) is 2.86. The monoisotopic (exact) mass is 294 g/mol. The van der Waals surface area contributed by atoms with Crippen LogP contribution in [-0.4, -0.2) is 13.6 Å². The first-order valence-electron chi connectivity index (χ1n) is 6.36. The van der Waals surface area contributed by atoms with Crippen molar-refractivity contribution < 1.29 is 0 Å². The van der Waals surface area contributed by atoms with Crippen LogP contribution in [0.15, 0.2) is 35.7 Å². The van der Waals surface area contributed by atoms with Gasteiger partial charge in [0.05, 0.1) is 0 Å². The molecule has 0 saturated carbocycles. The molecular weight excluding hydrogens is 276 g/mol. The first-order valence-corrected chi connectivity index (χ1v) is 7.62. The molecule has 4 heteroatoms. The average molecular weight is 295 g/mol. The Bertz CT molecular complexity index is 523. The van der Waals surface area contributed by atoms with Gasteiger partial charge in [0.1, 0.15) is 0 Å². The van der Waals surface area contributed by atoms with Crippen LogP contribution in [0.3, 0.4) is 0 Å². The van der Waals surface area contributed by atoms with E-state index < -0.39 is 0 Å². The highest BCUT2D eigenvalue weighted by atomic mass is 35.5. The van der Waals surface area contributed by atoms with Crippen LogP contribution in [0.1, 0.15) is 23.4 Å². The second kappa shape index (κ2) is 6.42. The van der Waals surface area contributed by atoms with Crippen LogP contribution in [0.4, 0.5) is 5.69 Å². The molecule has 0 aliphatic rings. The molecule has 0 radical (unpaired) electrons. The fraction of sp³-hybridized carbons (Fsp3) is 0.333. The van der Waals surface area contributed by atoms with Gasteiger partial charge in [-0.25, -0.2) is 0 Å². The molecule has 1 heterocycles. The van der Waals surface area contributed by atoms with Gasteiger partial charge in [-0.15, -0.1) is 11.3 Å². The van der Waals surface area contributed by atoms with E-state index in [-0.39, 0.29) is 6.04 Å². The molecule has 2 nitrogen and oxygen atoms in total. The zero-order valence-electron chi connectivity index (χ0n) is 11.3. The van der Waals surface area contributed by atoms with E-state index >= 15 is 0 Å². The summed E-state index contributed by atoms with van der Waals surface area (Å²) >= 11 is 8.06. The zero-order chi connectivity index (χ0) is 13.8. The standard InChI is InChI=1S/C15H19ClN2S/c1-11(17)14-6-5-12(10-15(14)16)18(2)8-7-13-4-3-9-19-13/h3-6,9-11H,7-8,17H2,1-2H3. The van der Waals surface area contributed by atoms with E-state index in [1.54, 1.807) is 11.3 Å². The molecule has 0 aliphatic heterocycles. The number of nitrogens with zero attached hydrogens (tertiary/aromatic N) is 1. The number of hydrogen-bond acceptors (Lipinski definition) is 3. The quantitative estimate of drug-likeness (QED) is 0.899. The molecule has 2 N–H and O–H groups in total. The predicted octanol–water partition coefficient (Wildman–Crippen LogP) is 4.10. The first kappa shape index (κ1) is 14.4. The third-order valence-corrected chi connectivity index (χ3v) is 4.45. The Morgan fingerprint density at radius 1 is 1.37 bits per heavy atom. The summed E-state index contributed by atoms with van der Waals surface area (Å²) in [6.07, 6.45) is 1.06. The molecule has 0 amide bonds. The topological polar surface area (TPSA) is 29.3 Å². The van der Waals surface area contributed by atoms with Crippen LogP contribution >= 0.6 is 22.9 Å². The molecule has 0 aliphatic carbocycles. The summed E-state index contributed by atoms with van der Waals surface area (Å²) < 4.78 is 0. The lowest BCUT2D eigenvalue weighted by Crippen LogP contribution is -2.20. The van der Waals surface area contributed by atoms with Gasteiger partial charge in [0.25, 0.3) is 0 Å². The van der Waals surface area contributed by atoms with Crippen LogP contribution in [-0.2, 0) is 6.42 Å². The Hall–Kier alpha value is -1.03. The van der Waals surface area contributed by atoms with E-state index in [4.69, 9.17) is 17.3 Å². The lowest BCUT2D eigenvalue weighted by Gasteiger charge is -2.20. The highest BCUT2D eigenvalue weighted by Crippen LogP contribution is 2.26. The fourth-order valence-electron chi connectivity index (χ4n) is 1.98. The van der Waals surface area contributed by atoms with Crippen molar-refractivity contribution in [2.75, 3.05) is 18.5 Å². The van der Waals surface area contributed by atoms with E-state index in [1.165, 1.54) is 4.88 Å². The van der Waals surface area contributed by atoms with Gasteiger partial charge in [0.2, 0.25) is 0 Å². The van der Waals surface area contributed by atoms with Gasteiger partial charge in [0, 0.05) is 35.2 Å². The number of hydrogen-bond donors (Lipinski definition) is 1. The van der Waals surface area contributed by atoms with E-state index in [0.717, 1.165) is 29.2 Å². The highest BCUT2D eigenvalue weighted by molar-refractivity contribution is 7.09. The van der Waals surface area contributed by atoms with E-state index in [9.17, 15) is 0 Å². The minimum Gasteiger partial charge on any atom is -0.374 e. The van der Waals surface area contributed by atoms with Crippen molar-refractivity contribution in [2.45, 2.75) is 19.4 Å². The molecule has 1 atom stereocenters. The molecule has 0 saturated heterocycles. The number of thiophene rings is 1. The SMILES string of the molecule is CC(N)c1ccc(N(C)CCc2cccs2)cc1Cl. The Kier molecular flexibility index (Phi) is 4.86.